The maximum absolute atomic E-state index is 12.2. The highest BCUT2D eigenvalue weighted by atomic mass is 16.7. The Bertz CT molecular complexity index is 1020. The van der Waals surface area contributed by atoms with Crippen LogP contribution in [0.15, 0.2) is 40.1 Å². The van der Waals surface area contributed by atoms with Crippen LogP contribution in [0.2, 0.25) is 0 Å². The van der Waals surface area contributed by atoms with E-state index in [0.717, 1.165) is 5.56 Å². The number of hydrogen-bond acceptors (Lipinski definition) is 4. The number of aromatic amines is 2. The lowest BCUT2D eigenvalue weighted by atomic mass is 10.0. The summed E-state index contributed by atoms with van der Waals surface area (Å²) in [6, 6.07) is 7.27. The Morgan fingerprint density at radius 1 is 1.18 bits per heavy atom. The van der Waals surface area contributed by atoms with Crippen molar-refractivity contribution in [2.45, 2.75) is 0 Å². The minimum atomic E-state index is -0.461. The van der Waals surface area contributed by atoms with E-state index in [-0.39, 0.29) is 6.79 Å². The largest absolute Gasteiger partial charge is 0.454 e. The fraction of sp³-hybridized carbons (Fsp3) is 0.133. The number of H-pyrrole nitrogens is 2. The maximum atomic E-state index is 12.2. The van der Waals surface area contributed by atoms with Crippen molar-refractivity contribution in [2.75, 3.05) is 6.79 Å². The first-order valence-corrected chi connectivity index (χ1v) is 6.69. The molecule has 0 aliphatic carbocycles. The monoisotopic (exact) mass is 298 g/mol. The molecule has 0 amide bonds. The van der Waals surface area contributed by atoms with Crippen LogP contribution in [0.3, 0.4) is 0 Å². The number of pyridine rings is 1. The zero-order chi connectivity index (χ0) is 15.3. The molecule has 7 nitrogen and oxygen atoms in total. The highest BCUT2D eigenvalue weighted by Crippen LogP contribution is 2.36. The fourth-order valence-corrected chi connectivity index (χ4v) is 2.63. The Labute approximate surface area is 123 Å². The van der Waals surface area contributed by atoms with Crippen molar-refractivity contribution in [3.05, 3.63) is 51.3 Å². The average Bonchev–Trinajstić information content (AvgIpc) is 2.99. The average molecular weight is 298 g/mol. The molecule has 1 aliphatic rings. The lowest BCUT2D eigenvalue weighted by Gasteiger charge is -2.05. The number of aryl methyl sites for hydroxylation is 1. The van der Waals surface area contributed by atoms with E-state index in [9.17, 15) is 9.59 Å². The van der Waals surface area contributed by atoms with Crippen molar-refractivity contribution < 1.29 is 14.5 Å². The number of hydrogen-bond donors (Lipinski definition) is 1. The Morgan fingerprint density at radius 3 is 2.86 bits per heavy atom. The summed E-state index contributed by atoms with van der Waals surface area (Å²) in [5.41, 5.74) is 1.10. The molecule has 3 aromatic rings. The molecular weight excluding hydrogens is 286 g/mol. The molecule has 0 radical (unpaired) electrons. The van der Waals surface area contributed by atoms with Crippen molar-refractivity contribution in [3.63, 3.8) is 0 Å². The molecule has 0 bridgehead atoms. The van der Waals surface area contributed by atoms with E-state index in [0.29, 0.717) is 28.1 Å². The van der Waals surface area contributed by atoms with Gasteiger partial charge in [0, 0.05) is 5.56 Å². The summed E-state index contributed by atoms with van der Waals surface area (Å²) < 4.78 is 12.0. The topological polar surface area (TPSA) is 87.5 Å². The number of benzene rings is 1. The van der Waals surface area contributed by atoms with Crippen LogP contribution in [0.5, 0.6) is 11.5 Å². The summed E-state index contributed by atoms with van der Waals surface area (Å²) >= 11 is 0. The first-order valence-electron chi connectivity index (χ1n) is 6.69. The minimum absolute atomic E-state index is 0.192. The third-order valence-corrected chi connectivity index (χ3v) is 3.75. The summed E-state index contributed by atoms with van der Waals surface area (Å²) in [6.45, 7) is 0.192. The molecule has 0 fully saturated rings. The molecule has 1 aromatic carbocycles. The Balaban J connectivity index is 2.06. The Hall–Kier alpha value is -3.09. The molecule has 0 saturated heterocycles. The summed E-state index contributed by atoms with van der Waals surface area (Å²) in [6.07, 6.45) is 1.70. The molecule has 7 heteroatoms. The van der Waals surface area contributed by atoms with Gasteiger partial charge >= 0.3 is 5.69 Å². The summed E-state index contributed by atoms with van der Waals surface area (Å²) in [7, 11) is 1.60. The Kier molecular flexibility index (Phi) is 2.56. The summed E-state index contributed by atoms with van der Waals surface area (Å²) in [5.74, 6) is 1.32. The van der Waals surface area contributed by atoms with Gasteiger partial charge in [-0.3, -0.25) is 9.78 Å². The lowest BCUT2D eigenvalue weighted by Crippen LogP contribution is -2.32. The fourth-order valence-electron chi connectivity index (χ4n) is 2.63. The van der Waals surface area contributed by atoms with Gasteiger partial charge in [0.05, 0.1) is 13.2 Å². The van der Waals surface area contributed by atoms with Gasteiger partial charge in [0.25, 0.3) is 11.2 Å². The van der Waals surface area contributed by atoms with Crippen molar-refractivity contribution >= 4 is 11.0 Å². The second-order valence-corrected chi connectivity index (χ2v) is 5.00. The quantitative estimate of drug-likeness (QED) is 0.706. The summed E-state index contributed by atoms with van der Waals surface area (Å²) in [5, 5.41) is 0.420. The Morgan fingerprint density at radius 2 is 2.00 bits per heavy atom. The van der Waals surface area contributed by atoms with Crippen molar-refractivity contribution in [1.82, 2.24) is 9.55 Å². The first kappa shape index (κ1) is 12.6. The highest BCUT2D eigenvalue weighted by molar-refractivity contribution is 5.90. The third-order valence-electron chi connectivity index (χ3n) is 3.75. The lowest BCUT2D eigenvalue weighted by molar-refractivity contribution is -0.349. The van der Waals surface area contributed by atoms with Crippen molar-refractivity contribution in [3.8, 4) is 22.6 Å². The van der Waals surface area contributed by atoms with Gasteiger partial charge in [-0.2, -0.15) is 4.57 Å². The number of rotatable bonds is 1. The van der Waals surface area contributed by atoms with Gasteiger partial charge < -0.3 is 9.47 Å². The third kappa shape index (κ3) is 1.72. The van der Waals surface area contributed by atoms with Gasteiger partial charge in [-0.05, 0) is 23.8 Å². The number of ether oxygens (including phenoxy) is 2. The van der Waals surface area contributed by atoms with Gasteiger partial charge in [-0.1, -0.05) is 6.07 Å². The molecule has 0 atom stereocenters. The molecule has 2 aromatic heterocycles. The van der Waals surface area contributed by atoms with Gasteiger partial charge in [0.15, 0.2) is 11.5 Å². The molecule has 4 rings (SSSR count). The van der Waals surface area contributed by atoms with E-state index in [1.165, 1.54) is 4.57 Å². The SMILES string of the molecule is Cn1c(=O)[nH]c(=O)c2c(-c3ccc4c(c3)OCO4)cc[nH+]c21. The van der Waals surface area contributed by atoms with Crippen LogP contribution in [0, 0.1) is 0 Å². The molecule has 110 valence electrons. The predicted molar refractivity (Wildman–Crippen MR) is 77.9 cm³/mol. The van der Waals surface area contributed by atoms with Gasteiger partial charge in [0.1, 0.15) is 5.39 Å². The van der Waals surface area contributed by atoms with Crippen LogP contribution in [-0.4, -0.2) is 16.3 Å². The molecule has 0 saturated carbocycles. The van der Waals surface area contributed by atoms with Gasteiger partial charge in [-0.25, -0.2) is 9.78 Å². The number of nitrogens with one attached hydrogen (secondary N) is 2. The molecule has 0 unspecified atom stereocenters. The van der Waals surface area contributed by atoms with Crippen LogP contribution >= 0.6 is 0 Å². The van der Waals surface area contributed by atoms with E-state index in [2.05, 4.69) is 9.97 Å². The zero-order valence-corrected chi connectivity index (χ0v) is 11.7. The molecule has 3 heterocycles. The zero-order valence-electron chi connectivity index (χ0n) is 11.7. The van der Waals surface area contributed by atoms with E-state index in [1.807, 2.05) is 12.1 Å². The summed E-state index contributed by atoms with van der Waals surface area (Å²) in [4.78, 5) is 29.2. The van der Waals surface area contributed by atoms with E-state index < -0.39 is 11.2 Å². The van der Waals surface area contributed by atoms with Crippen molar-refractivity contribution in [1.29, 1.82) is 0 Å². The van der Waals surface area contributed by atoms with E-state index >= 15 is 0 Å². The molecule has 2 N–H and O–H groups in total. The van der Waals surface area contributed by atoms with Crippen LogP contribution in [0.25, 0.3) is 22.2 Å². The predicted octanol–water partition coefficient (Wildman–Crippen LogP) is 0.437. The smallest absolute Gasteiger partial charge is 0.415 e. The normalized spacial score (nSPS) is 12.8. The van der Waals surface area contributed by atoms with E-state index in [1.54, 1.807) is 25.4 Å². The number of fused-ring (bicyclic) bond motifs is 2. The van der Waals surface area contributed by atoms with Crippen molar-refractivity contribution in [2.24, 2.45) is 7.05 Å². The van der Waals surface area contributed by atoms with Crippen LogP contribution in [0.4, 0.5) is 0 Å². The van der Waals surface area contributed by atoms with Gasteiger partial charge in [-0.15, -0.1) is 0 Å². The molecule has 0 spiro atoms. The standard InChI is InChI=1S/C15H11N3O4/c1-18-13-12(14(19)17-15(18)20)9(4-5-16-13)8-2-3-10-11(6-8)22-7-21-10/h2-6H,7H2,1H3,(H,17,19,20)/p+1. The maximum Gasteiger partial charge on any atom is 0.415 e. The second kappa shape index (κ2) is 4.45. The van der Waals surface area contributed by atoms with Crippen LogP contribution < -0.4 is 25.7 Å². The molecule has 1 aliphatic heterocycles. The minimum Gasteiger partial charge on any atom is -0.454 e. The number of aromatic nitrogens is 3. The first-order chi connectivity index (χ1) is 10.6. The van der Waals surface area contributed by atoms with E-state index in [4.69, 9.17) is 9.47 Å². The van der Waals surface area contributed by atoms with Crippen LogP contribution in [0.1, 0.15) is 0 Å². The van der Waals surface area contributed by atoms with Crippen LogP contribution in [-0.2, 0) is 7.05 Å². The second-order valence-electron chi connectivity index (χ2n) is 5.00. The number of nitrogens with zero attached hydrogens (tertiary/aromatic N) is 1. The molecule has 22 heavy (non-hydrogen) atoms. The highest BCUT2D eigenvalue weighted by Gasteiger charge is 2.19. The molecular formula is C15H12N3O4+. The van der Waals surface area contributed by atoms with Gasteiger partial charge in [0.2, 0.25) is 6.79 Å².